The maximum atomic E-state index is 14.1. The van der Waals surface area contributed by atoms with Gasteiger partial charge in [0.2, 0.25) is 0 Å². The molecule has 0 aliphatic rings. The molecule has 9 heteroatoms. The molecule has 3 aromatic carbocycles. The van der Waals surface area contributed by atoms with E-state index in [1.54, 1.807) is 66.7 Å². The molecule has 0 aliphatic heterocycles. The number of aryl methyl sites for hydroxylation is 1. The van der Waals surface area contributed by atoms with Gasteiger partial charge >= 0.3 is 6.18 Å². The SMILES string of the molecule is Cc1nn(-c2cccc(Cl)c2)c2nc(-c3ccc(OCc4ccccc4F)cc3)cc(C(F)(F)F)c12. The second kappa shape index (κ2) is 9.28. The number of fused-ring (bicyclic) bond motifs is 1. The highest BCUT2D eigenvalue weighted by Gasteiger charge is 2.36. The van der Waals surface area contributed by atoms with Crippen molar-refractivity contribution in [2.75, 3.05) is 0 Å². The Labute approximate surface area is 208 Å². The molecule has 0 saturated carbocycles. The fourth-order valence-corrected chi connectivity index (χ4v) is 4.13. The number of halogens is 5. The molecule has 0 fully saturated rings. The molecule has 0 N–H and O–H groups in total. The van der Waals surface area contributed by atoms with Crippen LogP contribution in [0.1, 0.15) is 16.8 Å². The van der Waals surface area contributed by atoms with Crippen LogP contribution in [0.15, 0.2) is 78.9 Å². The minimum atomic E-state index is -4.62. The van der Waals surface area contributed by atoms with E-state index >= 15 is 0 Å². The number of rotatable bonds is 5. The Morgan fingerprint density at radius 3 is 2.39 bits per heavy atom. The Kier molecular flexibility index (Phi) is 6.14. The van der Waals surface area contributed by atoms with Gasteiger partial charge in [-0.15, -0.1) is 0 Å². The number of pyridine rings is 1. The van der Waals surface area contributed by atoms with Crippen molar-refractivity contribution >= 4 is 22.6 Å². The lowest BCUT2D eigenvalue weighted by molar-refractivity contribution is -0.136. The summed E-state index contributed by atoms with van der Waals surface area (Å²) in [5, 5.41) is 4.68. The number of hydrogen-bond donors (Lipinski definition) is 0. The summed E-state index contributed by atoms with van der Waals surface area (Å²) in [6, 6.07) is 20.4. The smallest absolute Gasteiger partial charge is 0.417 e. The third-order valence-corrected chi connectivity index (χ3v) is 5.91. The summed E-state index contributed by atoms with van der Waals surface area (Å²) in [6.07, 6.45) is -4.62. The summed E-state index contributed by atoms with van der Waals surface area (Å²) in [5.41, 5.74) is 0.917. The largest absolute Gasteiger partial charge is 0.489 e. The summed E-state index contributed by atoms with van der Waals surface area (Å²) >= 11 is 6.10. The van der Waals surface area contributed by atoms with Gasteiger partial charge in [-0.05, 0) is 61.5 Å². The van der Waals surface area contributed by atoms with Crippen molar-refractivity contribution in [2.45, 2.75) is 19.7 Å². The normalized spacial score (nSPS) is 11.7. The highest BCUT2D eigenvalue weighted by Crippen LogP contribution is 2.39. The van der Waals surface area contributed by atoms with E-state index in [1.807, 2.05) is 0 Å². The average molecular weight is 512 g/mol. The molecule has 2 aromatic heterocycles. The lowest BCUT2D eigenvalue weighted by atomic mass is 10.0. The van der Waals surface area contributed by atoms with Crippen molar-refractivity contribution in [3.8, 4) is 22.7 Å². The van der Waals surface area contributed by atoms with E-state index in [-0.39, 0.29) is 34.8 Å². The van der Waals surface area contributed by atoms with E-state index in [4.69, 9.17) is 16.3 Å². The monoisotopic (exact) mass is 511 g/mol. The molecule has 0 unspecified atom stereocenters. The predicted molar refractivity (Wildman–Crippen MR) is 130 cm³/mol. The minimum Gasteiger partial charge on any atom is -0.489 e. The first kappa shape index (κ1) is 23.8. The van der Waals surface area contributed by atoms with Gasteiger partial charge in [-0.3, -0.25) is 0 Å². The summed E-state index contributed by atoms with van der Waals surface area (Å²) in [5.74, 6) is 0.0665. The second-order valence-electron chi connectivity index (χ2n) is 8.13. The number of alkyl halides is 3. The Hall–Kier alpha value is -3.91. The average Bonchev–Trinajstić information content (AvgIpc) is 3.19. The maximum absolute atomic E-state index is 14.1. The van der Waals surface area contributed by atoms with Crippen molar-refractivity contribution in [3.05, 3.63) is 107 Å². The molecule has 2 heterocycles. The molecule has 0 bridgehead atoms. The van der Waals surface area contributed by atoms with Gasteiger partial charge in [-0.25, -0.2) is 14.1 Å². The highest BCUT2D eigenvalue weighted by molar-refractivity contribution is 6.30. The van der Waals surface area contributed by atoms with Gasteiger partial charge in [-0.2, -0.15) is 18.3 Å². The first-order chi connectivity index (χ1) is 17.2. The highest BCUT2D eigenvalue weighted by atomic mass is 35.5. The fourth-order valence-electron chi connectivity index (χ4n) is 3.95. The number of ether oxygens (including phenoxy) is 1. The molecule has 0 saturated heterocycles. The van der Waals surface area contributed by atoms with Gasteiger partial charge in [0, 0.05) is 16.1 Å². The summed E-state index contributed by atoms with van der Waals surface area (Å²) in [4.78, 5) is 4.55. The topological polar surface area (TPSA) is 39.9 Å². The number of aromatic nitrogens is 3. The zero-order valence-electron chi connectivity index (χ0n) is 18.9. The van der Waals surface area contributed by atoms with E-state index in [9.17, 15) is 17.6 Å². The van der Waals surface area contributed by atoms with Gasteiger partial charge in [0.1, 0.15) is 18.2 Å². The van der Waals surface area contributed by atoms with Crippen molar-refractivity contribution in [1.82, 2.24) is 14.8 Å². The Balaban J connectivity index is 1.55. The number of benzene rings is 3. The molecular weight excluding hydrogens is 494 g/mol. The van der Waals surface area contributed by atoms with Crippen LogP contribution < -0.4 is 4.74 Å². The molecule has 5 rings (SSSR count). The van der Waals surface area contributed by atoms with Crippen LogP contribution in [-0.4, -0.2) is 14.8 Å². The van der Waals surface area contributed by atoms with Crippen LogP contribution in [0.5, 0.6) is 5.75 Å². The van der Waals surface area contributed by atoms with E-state index in [1.165, 1.54) is 17.7 Å². The molecule has 0 aliphatic carbocycles. The van der Waals surface area contributed by atoms with Gasteiger partial charge in [0.15, 0.2) is 5.65 Å². The first-order valence-electron chi connectivity index (χ1n) is 10.9. The van der Waals surface area contributed by atoms with Crippen LogP contribution in [-0.2, 0) is 12.8 Å². The minimum absolute atomic E-state index is 0.0204. The lowest BCUT2D eigenvalue weighted by Gasteiger charge is -2.12. The molecule has 36 heavy (non-hydrogen) atoms. The van der Waals surface area contributed by atoms with Crippen molar-refractivity contribution in [2.24, 2.45) is 0 Å². The van der Waals surface area contributed by atoms with Crippen molar-refractivity contribution < 1.29 is 22.3 Å². The molecule has 0 radical (unpaired) electrons. The lowest BCUT2D eigenvalue weighted by Crippen LogP contribution is -2.08. The van der Waals surface area contributed by atoms with E-state index in [0.29, 0.717) is 27.6 Å². The zero-order valence-corrected chi connectivity index (χ0v) is 19.6. The predicted octanol–water partition coefficient (Wildman–Crippen LogP) is 7.79. The van der Waals surface area contributed by atoms with E-state index in [2.05, 4.69) is 10.1 Å². The second-order valence-corrected chi connectivity index (χ2v) is 8.57. The van der Waals surface area contributed by atoms with Gasteiger partial charge in [-0.1, -0.05) is 35.9 Å². The molecule has 182 valence electrons. The van der Waals surface area contributed by atoms with Crippen LogP contribution in [0.2, 0.25) is 5.02 Å². The van der Waals surface area contributed by atoms with Crippen LogP contribution in [0, 0.1) is 12.7 Å². The van der Waals surface area contributed by atoms with Gasteiger partial charge < -0.3 is 4.74 Å². The number of hydrogen-bond acceptors (Lipinski definition) is 3. The number of nitrogens with zero attached hydrogens (tertiary/aromatic N) is 3. The molecule has 4 nitrogen and oxygen atoms in total. The van der Waals surface area contributed by atoms with Crippen LogP contribution in [0.4, 0.5) is 17.6 Å². The third-order valence-electron chi connectivity index (χ3n) is 5.67. The summed E-state index contributed by atoms with van der Waals surface area (Å²) in [6.45, 7) is 1.54. The van der Waals surface area contributed by atoms with Crippen LogP contribution in [0.25, 0.3) is 28.0 Å². The fraction of sp³-hybridized carbons (Fsp3) is 0.111. The van der Waals surface area contributed by atoms with Crippen molar-refractivity contribution in [3.63, 3.8) is 0 Å². The van der Waals surface area contributed by atoms with Crippen LogP contribution >= 0.6 is 11.6 Å². The van der Waals surface area contributed by atoms with E-state index in [0.717, 1.165) is 6.07 Å². The Bertz CT molecular complexity index is 1560. The Morgan fingerprint density at radius 2 is 1.69 bits per heavy atom. The molecule has 0 amide bonds. The van der Waals surface area contributed by atoms with E-state index < -0.39 is 11.7 Å². The van der Waals surface area contributed by atoms with Crippen molar-refractivity contribution in [1.29, 1.82) is 0 Å². The van der Waals surface area contributed by atoms with Gasteiger partial charge in [0.05, 0.1) is 28.0 Å². The third kappa shape index (κ3) is 4.64. The molecule has 5 aromatic rings. The first-order valence-corrected chi connectivity index (χ1v) is 11.3. The quantitative estimate of drug-likeness (QED) is 0.226. The summed E-state index contributed by atoms with van der Waals surface area (Å²) < 4.78 is 63.1. The zero-order chi connectivity index (χ0) is 25.4. The Morgan fingerprint density at radius 1 is 0.944 bits per heavy atom. The van der Waals surface area contributed by atoms with Crippen LogP contribution in [0.3, 0.4) is 0 Å². The summed E-state index contributed by atoms with van der Waals surface area (Å²) in [7, 11) is 0. The standard InChI is InChI=1S/C27H18ClF4N3O/c1-16-25-22(27(30,31)32)14-24(33-26(25)35(34-16)20-7-4-6-19(28)13-20)17-9-11-21(12-10-17)36-15-18-5-2-3-8-23(18)29/h2-14H,15H2,1H3. The molecular formula is C27H18ClF4N3O. The molecule has 0 spiro atoms. The maximum Gasteiger partial charge on any atom is 0.417 e. The molecule has 0 atom stereocenters. The van der Waals surface area contributed by atoms with Gasteiger partial charge in [0.25, 0.3) is 0 Å².